The molecular formula is C13H14Cl2N2O2. The van der Waals surface area contributed by atoms with E-state index in [1.807, 2.05) is 13.8 Å². The third kappa shape index (κ3) is 3.69. The summed E-state index contributed by atoms with van der Waals surface area (Å²) in [6.07, 6.45) is -0.171. The minimum Gasteiger partial charge on any atom is -0.392 e. The topological polar surface area (TPSA) is 59.2 Å². The summed E-state index contributed by atoms with van der Waals surface area (Å²) < 4.78 is 5.11. The van der Waals surface area contributed by atoms with Crippen molar-refractivity contribution < 1.29 is 9.63 Å². The Bertz CT molecular complexity index is 549. The zero-order valence-electron chi connectivity index (χ0n) is 10.6. The van der Waals surface area contributed by atoms with Crippen molar-refractivity contribution in [3.63, 3.8) is 0 Å². The van der Waals surface area contributed by atoms with Gasteiger partial charge in [0, 0.05) is 15.6 Å². The van der Waals surface area contributed by atoms with Gasteiger partial charge in [-0.05, 0) is 24.1 Å². The number of hydrogen-bond donors (Lipinski definition) is 1. The van der Waals surface area contributed by atoms with Crippen molar-refractivity contribution in [2.75, 3.05) is 0 Å². The number of benzene rings is 1. The molecule has 0 amide bonds. The van der Waals surface area contributed by atoms with E-state index in [-0.39, 0.29) is 5.92 Å². The normalized spacial score (nSPS) is 12.9. The molecule has 0 fully saturated rings. The number of aliphatic hydroxyl groups excluding tert-OH is 1. The first-order valence-corrected chi connectivity index (χ1v) is 6.68. The lowest BCUT2D eigenvalue weighted by molar-refractivity contribution is 0.116. The fraction of sp³-hybridized carbons (Fsp3) is 0.385. The molecule has 0 spiro atoms. The van der Waals surface area contributed by atoms with Gasteiger partial charge in [-0.1, -0.05) is 42.2 Å². The molecule has 1 atom stereocenters. The summed E-state index contributed by atoms with van der Waals surface area (Å²) >= 11 is 11.8. The molecule has 19 heavy (non-hydrogen) atoms. The van der Waals surface area contributed by atoms with Gasteiger partial charge in [0.05, 0.1) is 12.5 Å². The Kier molecular flexibility index (Phi) is 4.45. The summed E-state index contributed by atoms with van der Waals surface area (Å²) in [5.41, 5.74) is 0.687. The highest BCUT2D eigenvalue weighted by molar-refractivity contribution is 6.35. The van der Waals surface area contributed by atoms with E-state index in [0.717, 1.165) is 0 Å². The summed E-state index contributed by atoms with van der Waals surface area (Å²) in [5, 5.41) is 14.7. The zero-order chi connectivity index (χ0) is 14.0. The van der Waals surface area contributed by atoms with Crippen LogP contribution in [0.1, 0.15) is 19.7 Å². The fourth-order valence-electron chi connectivity index (χ4n) is 1.55. The zero-order valence-corrected chi connectivity index (χ0v) is 12.1. The Morgan fingerprint density at radius 1 is 1.21 bits per heavy atom. The van der Waals surface area contributed by atoms with E-state index in [2.05, 4.69) is 10.1 Å². The molecule has 0 aliphatic rings. The van der Waals surface area contributed by atoms with Crippen molar-refractivity contribution in [3.8, 4) is 11.4 Å². The van der Waals surface area contributed by atoms with Crippen molar-refractivity contribution >= 4 is 23.2 Å². The predicted molar refractivity (Wildman–Crippen MR) is 74.3 cm³/mol. The molecule has 0 bridgehead atoms. The van der Waals surface area contributed by atoms with Crippen LogP contribution in [0.3, 0.4) is 0 Å². The Morgan fingerprint density at radius 3 is 2.42 bits per heavy atom. The van der Waals surface area contributed by atoms with Crippen LogP contribution in [0.5, 0.6) is 0 Å². The van der Waals surface area contributed by atoms with Crippen molar-refractivity contribution in [3.05, 3.63) is 34.1 Å². The summed E-state index contributed by atoms with van der Waals surface area (Å²) in [6, 6.07) is 5.05. The van der Waals surface area contributed by atoms with Gasteiger partial charge in [0.25, 0.3) is 0 Å². The van der Waals surface area contributed by atoms with Gasteiger partial charge in [-0.3, -0.25) is 0 Å². The third-order valence-corrected chi connectivity index (χ3v) is 3.18. The smallest absolute Gasteiger partial charge is 0.229 e. The van der Waals surface area contributed by atoms with Crippen LogP contribution < -0.4 is 0 Å². The molecule has 1 N–H and O–H groups in total. The van der Waals surface area contributed by atoms with Crippen molar-refractivity contribution in [1.29, 1.82) is 0 Å². The van der Waals surface area contributed by atoms with Gasteiger partial charge in [-0.15, -0.1) is 0 Å². The molecule has 102 valence electrons. The van der Waals surface area contributed by atoms with E-state index in [0.29, 0.717) is 33.7 Å². The van der Waals surface area contributed by atoms with E-state index >= 15 is 0 Å². The first-order chi connectivity index (χ1) is 8.95. The standard InChI is InChI=1S/C13H14Cl2N2O2/c1-7(2)11(18)6-12-16-13(17-19-12)8-3-9(14)5-10(15)4-8/h3-5,7,11,18H,6H2,1-2H3. The molecule has 0 saturated carbocycles. The molecule has 0 aliphatic heterocycles. The third-order valence-electron chi connectivity index (χ3n) is 2.74. The van der Waals surface area contributed by atoms with Gasteiger partial charge in [-0.25, -0.2) is 0 Å². The van der Waals surface area contributed by atoms with E-state index in [9.17, 15) is 5.11 Å². The summed E-state index contributed by atoms with van der Waals surface area (Å²) in [5.74, 6) is 0.943. The minimum atomic E-state index is -0.503. The Labute approximate surface area is 121 Å². The quantitative estimate of drug-likeness (QED) is 0.937. The van der Waals surface area contributed by atoms with E-state index in [1.54, 1.807) is 18.2 Å². The molecule has 4 nitrogen and oxygen atoms in total. The molecule has 1 unspecified atom stereocenters. The van der Waals surface area contributed by atoms with Crippen molar-refractivity contribution in [1.82, 2.24) is 10.1 Å². The van der Waals surface area contributed by atoms with Gasteiger partial charge in [0.15, 0.2) is 0 Å². The number of halogens is 2. The number of rotatable bonds is 4. The van der Waals surface area contributed by atoms with E-state index in [4.69, 9.17) is 27.7 Å². The molecule has 0 aliphatic carbocycles. The van der Waals surface area contributed by atoms with Gasteiger partial charge in [0.2, 0.25) is 11.7 Å². The molecule has 0 radical (unpaired) electrons. The number of hydrogen-bond acceptors (Lipinski definition) is 4. The van der Waals surface area contributed by atoms with Gasteiger partial charge in [-0.2, -0.15) is 4.98 Å². The average Bonchev–Trinajstić information content (AvgIpc) is 2.76. The van der Waals surface area contributed by atoms with Gasteiger partial charge < -0.3 is 9.63 Å². The fourth-order valence-corrected chi connectivity index (χ4v) is 2.08. The average molecular weight is 301 g/mol. The molecule has 1 heterocycles. The Morgan fingerprint density at radius 2 is 1.84 bits per heavy atom. The van der Waals surface area contributed by atoms with Crippen molar-refractivity contribution in [2.24, 2.45) is 5.92 Å². The second-order valence-corrected chi connectivity index (χ2v) is 5.56. The molecule has 2 aromatic rings. The van der Waals surface area contributed by atoms with Crippen LogP contribution in [0.25, 0.3) is 11.4 Å². The number of aliphatic hydroxyl groups is 1. The van der Waals surface area contributed by atoms with Gasteiger partial charge in [0.1, 0.15) is 0 Å². The summed E-state index contributed by atoms with van der Waals surface area (Å²) in [7, 11) is 0. The lowest BCUT2D eigenvalue weighted by Crippen LogP contribution is -2.17. The molecule has 1 aromatic heterocycles. The van der Waals surface area contributed by atoms with E-state index in [1.165, 1.54) is 0 Å². The van der Waals surface area contributed by atoms with Crippen LogP contribution in [-0.4, -0.2) is 21.4 Å². The summed E-state index contributed by atoms with van der Waals surface area (Å²) in [6.45, 7) is 3.86. The monoisotopic (exact) mass is 300 g/mol. The molecule has 0 saturated heterocycles. The van der Waals surface area contributed by atoms with Crippen LogP contribution in [-0.2, 0) is 6.42 Å². The second-order valence-electron chi connectivity index (χ2n) is 4.69. The summed E-state index contributed by atoms with van der Waals surface area (Å²) in [4.78, 5) is 4.23. The highest BCUT2D eigenvalue weighted by atomic mass is 35.5. The van der Waals surface area contributed by atoms with Crippen LogP contribution in [0.15, 0.2) is 22.7 Å². The molecular weight excluding hydrogens is 287 g/mol. The maximum absolute atomic E-state index is 9.78. The van der Waals surface area contributed by atoms with Crippen LogP contribution in [0.2, 0.25) is 10.0 Å². The Balaban J connectivity index is 2.21. The predicted octanol–water partition coefficient (Wildman–Crippen LogP) is 3.60. The van der Waals surface area contributed by atoms with Gasteiger partial charge >= 0.3 is 0 Å². The lowest BCUT2D eigenvalue weighted by Gasteiger charge is -2.10. The lowest BCUT2D eigenvalue weighted by atomic mass is 10.0. The maximum Gasteiger partial charge on any atom is 0.229 e. The molecule has 1 aromatic carbocycles. The van der Waals surface area contributed by atoms with Crippen molar-refractivity contribution in [2.45, 2.75) is 26.4 Å². The molecule has 6 heteroatoms. The first kappa shape index (κ1) is 14.3. The number of aromatic nitrogens is 2. The largest absolute Gasteiger partial charge is 0.392 e. The maximum atomic E-state index is 9.78. The first-order valence-electron chi connectivity index (χ1n) is 5.93. The SMILES string of the molecule is CC(C)C(O)Cc1nc(-c2cc(Cl)cc(Cl)c2)no1. The highest BCUT2D eigenvalue weighted by Crippen LogP contribution is 2.25. The minimum absolute atomic E-state index is 0.135. The molecule has 2 rings (SSSR count). The highest BCUT2D eigenvalue weighted by Gasteiger charge is 2.16. The van der Waals surface area contributed by atoms with Crippen LogP contribution >= 0.6 is 23.2 Å². The Hall–Kier alpha value is -1.10. The van der Waals surface area contributed by atoms with Crippen LogP contribution in [0, 0.1) is 5.92 Å². The number of nitrogens with zero attached hydrogens (tertiary/aromatic N) is 2. The van der Waals surface area contributed by atoms with E-state index < -0.39 is 6.10 Å². The van der Waals surface area contributed by atoms with Crippen LogP contribution in [0.4, 0.5) is 0 Å². The second kappa shape index (κ2) is 5.90.